The Labute approximate surface area is 210 Å². The summed E-state index contributed by atoms with van der Waals surface area (Å²) in [5.74, 6) is -4.30. The molecule has 4 aromatic rings. The standard InChI is InChI=1S/C28H21ClF3N3O/c1-15-4-9-26-22(10-15)21(17(3)34(26)14-18-5-7-19(29)8-6-18)11-20-16(2)33-35(28(20)36)27-13-24(31)23(30)12-25(27)32/h4-13H,14H2,1-3H3/b20-11+. The van der Waals surface area contributed by atoms with Crippen molar-refractivity contribution in [2.45, 2.75) is 27.3 Å². The third-order valence-corrected chi connectivity index (χ3v) is 6.60. The van der Waals surface area contributed by atoms with Gasteiger partial charge in [0.05, 0.1) is 11.3 Å². The summed E-state index contributed by atoms with van der Waals surface area (Å²) in [5, 5.41) is 6.52. The number of amides is 1. The van der Waals surface area contributed by atoms with Crippen LogP contribution in [0.2, 0.25) is 5.02 Å². The SMILES string of the molecule is CC1=NN(c2cc(F)c(F)cc2F)C(=O)/C1=C/c1c(C)n(Cc2ccc(Cl)cc2)c2ccc(C)cc12. The molecule has 1 aromatic heterocycles. The van der Waals surface area contributed by atoms with Crippen LogP contribution in [0.5, 0.6) is 0 Å². The van der Waals surface area contributed by atoms with Crippen LogP contribution in [0.4, 0.5) is 18.9 Å². The van der Waals surface area contributed by atoms with Crippen molar-refractivity contribution in [2.75, 3.05) is 5.01 Å². The van der Waals surface area contributed by atoms with E-state index in [0.29, 0.717) is 29.4 Å². The highest BCUT2D eigenvalue weighted by molar-refractivity contribution is 6.32. The Kier molecular flexibility index (Phi) is 5.96. The first-order valence-corrected chi connectivity index (χ1v) is 11.6. The van der Waals surface area contributed by atoms with Gasteiger partial charge >= 0.3 is 0 Å². The van der Waals surface area contributed by atoms with Crippen LogP contribution in [0.1, 0.15) is 29.3 Å². The van der Waals surface area contributed by atoms with E-state index >= 15 is 0 Å². The summed E-state index contributed by atoms with van der Waals surface area (Å²) in [5.41, 5.74) is 5.00. The van der Waals surface area contributed by atoms with E-state index in [1.807, 2.05) is 56.3 Å². The fourth-order valence-electron chi connectivity index (χ4n) is 4.45. The molecule has 1 aliphatic rings. The fraction of sp³-hybridized carbons (Fsp3) is 0.143. The van der Waals surface area contributed by atoms with Crippen LogP contribution in [-0.4, -0.2) is 16.2 Å². The van der Waals surface area contributed by atoms with Gasteiger partial charge in [0.2, 0.25) is 0 Å². The second kappa shape index (κ2) is 8.99. The van der Waals surface area contributed by atoms with Gasteiger partial charge in [-0.3, -0.25) is 4.79 Å². The number of benzene rings is 3. The van der Waals surface area contributed by atoms with Crippen molar-refractivity contribution >= 4 is 45.9 Å². The van der Waals surface area contributed by atoms with E-state index in [1.54, 1.807) is 13.0 Å². The maximum Gasteiger partial charge on any atom is 0.280 e. The number of hydrazone groups is 1. The minimum absolute atomic E-state index is 0.245. The minimum Gasteiger partial charge on any atom is -0.340 e. The van der Waals surface area contributed by atoms with Crippen LogP contribution in [0.3, 0.4) is 0 Å². The molecule has 0 radical (unpaired) electrons. The number of halogens is 4. The van der Waals surface area contributed by atoms with Gasteiger partial charge in [0.25, 0.3) is 5.91 Å². The molecular weight excluding hydrogens is 487 g/mol. The Bertz CT molecular complexity index is 1600. The van der Waals surface area contributed by atoms with E-state index in [0.717, 1.165) is 38.3 Å². The summed E-state index contributed by atoms with van der Waals surface area (Å²) in [6.45, 7) is 6.17. The van der Waals surface area contributed by atoms with E-state index < -0.39 is 29.0 Å². The molecule has 0 unspecified atom stereocenters. The fourth-order valence-corrected chi connectivity index (χ4v) is 4.57. The topological polar surface area (TPSA) is 37.6 Å². The molecule has 0 bridgehead atoms. The maximum atomic E-state index is 14.4. The summed E-state index contributed by atoms with van der Waals surface area (Å²) in [7, 11) is 0. The molecular formula is C28H21ClF3N3O. The van der Waals surface area contributed by atoms with Crippen molar-refractivity contribution in [3.05, 3.63) is 105 Å². The van der Waals surface area contributed by atoms with Crippen LogP contribution in [0.15, 0.2) is 65.3 Å². The number of nitrogens with zero attached hydrogens (tertiary/aromatic N) is 3. The second-order valence-corrected chi connectivity index (χ2v) is 9.25. The lowest BCUT2D eigenvalue weighted by molar-refractivity contribution is -0.114. The summed E-state index contributed by atoms with van der Waals surface area (Å²) >= 11 is 6.04. The average molecular weight is 508 g/mol. The number of anilines is 1. The molecule has 1 aliphatic heterocycles. The number of carbonyl (C=O) groups excluding carboxylic acids is 1. The number of aromatic nitrogens is 1. The second-order valence-electron chi connectivity index (χ2n) is 8.81. The van der Waals surface area contributed by atoms with Crippen LogP contribution in [0.25, 0.3) is 17.0 Å². The first-order chi connectivity index (χ1) is 17.1. The summed E-state index contributed by atoms with van der Waals surface area (Å²) in [4.78, 5) is 13.3. The van der Waals surface area contributed by atoms with Crippen molar-refractivity contribution in [1.29, 1.82) is 0 Å². The molecule has 0 aliphatic carbocycles. The lowest BCUT2D eigenvalue weighted by atomic mass is 10.0. The quantitative estimate of drug-likeness (QED) is 0.213. The zero-order chi connectivity index (χ0) is 25.7. The van der Waals surface area contributed by atoms with Crippen LogP contribution < -0.4 is 5.01 Å². The molecule has 0 fully saturated rings. The van der Waals surface area contributed by atoms with Crippen LogP contribution in [-0.2, 0) is 11.3 Å². The Morgan fingerprint density at radius 2 is 1.61 bits per heavy atom. The van der Waals surface area contributed by atoms with Crippen molar-refractivity contribution in [2.24, 2.45) is 5.10 Å². The highest BCUT2D eigenvalue weighted by Gasteiger charge is 2.32. The Morgan fingerprint density at radius 3 is 2.33 bits per heavy atom. The summed E-state index contributed by atoms with van der Waals surface area (Å²) in [6, 6.07) is 14.8. The molecule has 182 valence electrons. The number of hydrogen-bond acceptors (Lipinski definition) is 2. The van der Waals surface area contributed by atoms with E-state index in [1.165, 1.54) is 0 Å². The Balaban J connectivity index is 1.61. The van der Waals surface area contributed by atoms with Crippen LogP contribution >= 0.6 is 11.6 Å². The first kappa shape index (κ1) is 23.9. The molecule has 0 N–H and O–H groups in total. The molecule has 3 aromatic carbocycles. The zero-order valence-corrected chi connectivity index (χ0v) is 20.5. The van der Waals surface area contributed by atoms with E-state index in [-0.39, 0.29) is 5.57 Å². The van der Waals surface area contributed by atoms with Gasteiger partial charge in [0.15, 0.2) is 17.5 Å². The lowest BCUT2D eigenvalue weighted by Crippen LogP contribution is -2.22. The van der Waals surface area contributed by atoms with Gasteiger partial charge in [-0.1, -0.05) is 35.4 Å². The molecule has 0 atom stereocenters. The van der Waals surface area contributed by atoms with Crippen molar-refractivity contribution in [1.82, 2.24) is 4.57 Å². The van der Waals surface area contributed by atoms with E-state index in [4.69, 9.17) is 11.6 Å². The van der Waals surface area contributed by atoms with Crippen molar-refractivity contribution in [3.63, 3.8) is 0 Å². The molecule has 5 rings (SSSR count). The number of rotatable bonds is 4. The minimum atomic E-state index is -1.33. The average Bonchev–Trinajstić information content (AvgIpc) is 3.25. The molecule has 2 heterocycles. The smallest absolute Gasteiger partial charge is 0.280 e. The van der Waals surface area contributed by atoms with E-state index in [2.05, 4.69) is 9.67 Å². The van der Waals surface area contributed by atoms with E-state index in [9.17, 15) is 18.0 Å². The molecule has 8 heteroatoms. The first-order valence-electron chi connectivity index (χ1n) is 11.2. The summed E-state index contributed by atoms with van der Waals surface area (Å²) in [6.07, 6.45) is 1.73. The highest BCUT2D eigenvalue weighted by Crippen LogP contribution is 2.33. The number of fused-ring (bicyclic) bond motifs is 1. The predicted octanol–water partition coefficient (Wildman–Crippen LogP) is 7.18. The third kappa shape index (κ3) is 4.09. The normalized spacial score (nSPS) is 14.9. The number of aryl methyl sites for hydroxylation is 1. The van der Waals surface area contributed by atoms with Gasteiger partial charge in [-0.05, 0) is 56.7 Å². The number of carbonyl (C=O) groups is 1. The van der Waals surface area contributed by atoms with Crippen molar-refractivity contribution in [3.8, 4) is 0 Å². The maximum absolute atomic E-state index is 14.4. The highest BCUT2D eigenvalue weighted by atomic mass is 35.5. The molecule has 0 saturated heterocycles. The van der Waals surface area contributed by atoms with Gasteiger partial charge in [0, 0.05) is 45.9 Å². The van der Waals surface area contributed by atoms with Gasteiger partial charge in [-0.2, -0.15) is 10.1 Å². The molecule has 4 nitrogen and oxygen atoms in total. The third-order valence-electron chi connectivity index (χ3n) is 6.35. The van der Waals surface area contributed by atoms with Gasteiger partial charge in [-0.15, -0.1) is 0 Å². The largest absolute Gasteiger partial charge is 0.340 e. The number of hydrogen-bond donors (Lipinski definition) is 0. The van der Waals surface area contributed by atoms with Gasteiger partial charge in [-0.25, -0.2) is 13.2 Å². The molecule has 36 heavy (non-hydrogen) atoms. The lowest BCUT2D eigenvalue weighted by Gasteiger charge is -2.13. The molecule has 1 amide bonds. The molecule has 0 saturated carbocycles. The Hall–Kier alpha value is -3.84. The van der Waals surface area contributed by atoms with Crippen LogP contribution in [0, 0.1) is 31.3 Å². The molecule has 0 spiro atoms. The van der Waals surface area contributed by atoms with Gasteiger partial charge in [0.1, 0.15) is 5.69 Å². The Morgan fingerprint density at radius 1 is 0.917 bits per heavy atom. The zero-order valence-electron chi connectivity index (χ0n) is 19.7. The predicted molar refractivity (Wildman–Crippen MR) is 137 cm³/mol. The monoisotopic (exact) mass is 507 g/mol. The summed E-state index contributed by atoms with van der Waals surface area (Å²) < 4.78 is 43.8. The van der Waals surface area contributed by atoms with Crippen molar-refractivity contribution < 1.29 is 18.0 Å². The van der Waals surface area contributed by atoms with Gasteiger partial charge < -0.3 is 4.57 Å².